The van der Waals surface area contributed by atoms with Gasteiger partial charge in [-0.05, 0) is 24.6 Å². The number of allylic oxidation sites excluding steroid dienone is 1. The van der Waals surface area contributed by atoms with Crippen LogP contribution in [-0.2, 0) is 14.3 Å². The van der Waals surface area contributed by atoms with E-state index in [2.05, 4.69) is 9.74 Å². The summed E-state index contributed by atoms with van der Waals surface area (Å²) >= 11 is 1.44. The lowest BCUT2D eigenvalue weighted by atomic mass is 9.92. The van der Waals surface area contributed by atoms with Crippen LogP contribution in [0.2, 0.25) is 0 Å². The first-order chi connectivity index (χ1) is 12.7. The van der Waals surface area contributed by atoms with Crippen molar-refractivity contribution in [1.29, 1.82) is 0 Å². The van der Waals surface area contributed by atoms with Crippen molar-refractivity contribution in [2.45, 2.75) is 18.1 Å². The number of methoxy groups -OCH3 is 1. The molecule has 0 N–H and O–H groups in total. The molecular weight excluding hydrogens is 352 g/mol. The molecule has 1 saturated heterocycles. The monoisotopic (exact) mass is 374 g/mol. The van der Waals surface area contributed by atoms with Crippen LogP contribution in [0.1, 0.15) is 18.4 Å². The predicted molar refractivity (Wildman–Crippen MR) is 99.8 cm³/mol. The molecule has 1 aromatic rings. The second-order valence-electron chi connectivity index (χ2n) is 5.94. The molecule has 0 bridgehead atoms. The molecule has 0 aliphatic carbocycles. The molecule has 0 radical (unpaired) electrons. The third-order valence-electron chi connectivity index (χ3n) is 4.47. The lowest BCUT2D eigenvalue weighted by Crippen LogP contribution is -2.35. The maximum absolute atomic E-state index is 12.6. The topological polar surface area (TPSA) is 52.4 Å². The standard InChI is InChI=1S/C19H22N2O4S/c1-4-25-19(22)17-15(13-5-7-14(23-3)8-6-13)16(20-2)18(26-17)21-9-11-24-12-10-21/h5-8,15,17H,4,9-12H2,1,3H3. The highest BCUT2D eigenvalue weighted by Crippen LogP contribution is 2.50. The molecule has 2 atom stereocenters. The van der Waals surface area contributed by atoms with Crippen LogP contribution < -0.4 is 4.74 Å². The first kappa shape index (κ1) is 18.6. The van der Waals surface area contributed by atoms with Gasteiger partial charge in [0.1, 0.15) is 11.0 Å². The third-order valence-corrected chi connectivity index (χ3v) is 5.88. The minimum atomic E-state index is -0.453. The summed E-state index contributed by atoms with van der Waals surface area (Å²) in [7, 11) is 1.61. The molecule has 7 heteroatoms. The Labute approximate surface area is 157 Å². The van der Waals surface area contributed by atoms with Crippen molar-refractivity contribution in [1.82, 2.24) is 4.90 Å². The summed E-state index contributed by atoms with van der Waals surface area (Å²) in [6.45, 7) is 12.6. The Kier molecular flexibility index (Phi) is 6.07. The molecule has 0 aromatic heterocycles. The van der Waals surface area contributed by atoms with Crippen LogP contribution in [-0.4, -0.2) is 56.1 Å². The summed E-state index contributed by atoms with van der Waals surface area (Å²) in [4.78, 5) is 18.6. The molecule has 1 aromatic carbocycles. The minimum absolute atomic E-state index is 0.275. The molecule has 2 aliphatic rings. The number of morpholine rings is 1. The average molecular weight is 374 g/mol. The maximum atomic E-state index is 12.6. The molecule has 1 fully saturated rings. The van der Waals surface area contributed by atoms with Crippen molar-refractivity contribution in [2.75, 3.05) is 40.0 Å². The largest absolute Gasteiger partial charge is 0.497 e. The molecule has 2 unspecified atom stereocenters. The number of rotatable bonds is 5. The van der Waals surface area contributed by atoms with Gasteiger partial charge in [-0.3, -0.25) is 4.79 Å². The predicted octanol–water partition coefficient (Wildman–Crippen LogP) is 2.88. The summed E-state index contributed by atoms with van der Waals surface area (Å²) in [5.74, 6) is 0.150. The molecule has 26 heavy (non-hydrogen) atoms. The van der Waals surface area contributed by atoms with Gasteiger partial charge in [0.05, 0.1) is 38.5 Å². The number of thioether (sulfide) groups is 1. The highest BCUT2D eigenvalue weighted by atomic mass is 32.2. The zero-order valence-electron chi connectivity index (χ0n) is 14.9. The number of nitrogens with zero attached hydrogens (tertiary/aromatic N) is 2. The second-order valence-corrected chi connectivity index (χ2v) is 7.07. The van der Waals surface area contributed by atoms with E-state index in [0.717, 1.165) is 29.4 Å². The molecule has 0 saturated carbocycles. The fourth-order valence-corrected chi connectivity index (χ4v) is 4.65. The van der Waals surface area contributed by atoms with Gasteiger partial charge in [0.2, 0.25) is 5.70 Å². The van der Waals surface area contributed by atoms with E-state index in [1.165, 1.54) is 11.8 Å². The first-order valence-corrected chi connectivity index (χ1v) is 9.49. The number of esters is 1. The molecular formula is C19H22N2O4S. The van der Waals surface area contributed by atoms with Gasteiger partial charge < -0.3 is 19.1 Å². The van der Waals surface area contributed by atoms with E-state index in [1.807, 2.05) is 24.3 Å². The lowest BCUT2D eigenvalue weighted by Gasteiger charge is -2.30. The summed E-state index contributed by atoms with van der Waals surface area (Å²) in [6.07, 6.45) is 0. The first-order valence-electron chi connectivity index (χ1n) is 8.61. The van der Waals surface area contributed by atoms with Crippen molar-refractivity contribution in [3.8, 4) is 5.75 Å². The van der Waals surface area contributed by atoms with E-state index in [-0.39, 0.29) is 11.9 Å². The Morgan fingerprint density at radius 1 is 1.35 bits per heavy atom. The minimum Gasteiger partial charge on any atom is -0.497 e. The Morgan fingerprint density at radius 3 is 2.62 bits per heavy atom. The fraction of sp³-hybridized carbons (Fsp3) is 0.474. The molecule has 0 amide bonds. The van der Waals surface area contributed by atoms with E-state index >= 15 is 0 Å². The van der Waals surface area contributed by atoms with Gasteiger partial charge >= 0.3 is 5.97 Å². The molecule has 6 nitrogen and oxygen atoms in total. The SMILES string of the molecule is [C-]#[N+]C1=C(N2CCOCC2)SC(C(=O)OCC)C1c1ccc(OC)cc1. The zero-order chi connectivity index (χ0) is 18.5. The molecule has 0 spiro atoms. The molecule has 2 heterocycles. The van der Waals surface area contributed by atoms with E-state index in [1.54, 1.807) is 14.0 Å². The van der Waals surface area contributed by atoms with Crippen LogP contribution in [0.5, 0.6) is 5.75 Å². The zero-order valence-corrected chi connectivity index (χ0v) is 15.8. The van der Waals surface area contributed by atoms with Crippen molar-refractivity contribution < 1.29 is 19.0 Å². The normalized spacial score (nSPS) is 22.9. The summed E-state index contributed by atoms with van der Waals surface area (Å²) in [5.41, 5.74) is 1.53. The number of ether oxygens (including phenoxy) is 3. The number of hydrogen-bond donors (Lipinski definition) is 0. The van der Waals surface area contributed by atoms with Crippen LogP contribution in [0.15, 0.2) is 35.0 Å². The van der Waals surface area contributed by atoms with Gasteiger partial charge in [-0.15, -0.1) is 11.8 Å². The molecule has 138 valence electrons. The number of carbonyl (C=O) groups is 1. The Hall–Kier alpha value is -2.17. The summed E-state index contributed by atoms with van der Waals surface area (Å²) in [5, 5.41) is 0.424. The van der Waals surface area contributed by atoms with E-state index in [4.69, 9.17) is 20.8 Å². The smallest absolute Gasteiger partial charge is 0.319 e. The van der Waals surface area contributed by atoms with Crippen LogP contribution in [0.4, 0.5) is 0 Å². The lowest BCUT2D eigenvalue weighted by molar-refractivity contribution is -0.142. The van der Waals surface area contributed by atoms with Crippen LogP contribution in [0.25, 0.3) is 4.85 Å². The van der Waals surface area contributed by atoms with E-state index in [0.29, 0.717) is 25.5 Å². The van der Waals surface area contributed by atoms with Gasteiger partial charge in [0.25, 0.3) is 0 Å². The van der Waals surface area contributed by atoms with Crippen molar-refractivity contribution in [2.24, 2.45) is 0 Å². The van der Waals surface area contributed by atoms with Gasteiger partial charge in [0, 0.05) is 19.0 Å². The highest BCUT2D eigenvalue weighted by Gasteiger charge is 2.44. The Balaban J connectivity index is 1.98. The summed E-state index contributed by atoms with van der Waals surface area (Å²) < 4.78 is 15.9. The highest BCUT2D eigenvalue weighted by molar-refractivity contribution is 8.04. The quantitative estimate of drug-likeness (QED) is 0.584. The van der Waals surface area contributed by atoms with Gasteiger partial charge in [-0.1, -0.05) is 12.1 Å². The molecule has 2 aliphatic heterocycles. The van der Waals surface area contributed by atoms with E-state index < -0.39 is 5.25 Å². The van der Waals surface area contributed by atoms with E-state index in [9.17, 15) is 4.79 Å². The van der Waals surface area contributed by atoms with Crippen molar-refractivity contribution >= 4 is 17.7 Å². The van der Waals surface area contributed by atoms with Gasteiger partial charge in [-0.25, -0.2) is 4.85 Å². The van der Waals surface area contributed by atoms with Gasteiger partial charge in [0.15, 0.2) is 0 Å². The number of hydrogen-bond acceptors (Lipinski definition) is 6. The fourth-order valence-electron chi connectivity index (χ4n) is 3.20. The maximum Gasteiger partial charge on any atom is 0.319 e. The van der Waals surface area contributed by atoms with Crippen LogP contribution >= 0.6 is 11.8 Å². The summed E-state index contributed by atoms with van der Waals surface area (Å²) in [6, 6.07) is 7.56. The number of carbonyl (C=O) groups excluding carboxylic acids is 1. The second kappa shape index (κ2) is 8.47. The van der Waals surface area contributed by atoms with Crippen LogP contribution in [0, 0.1) is 6.57 Å². The average Bonchev–Trinajstić information content (AvgIpc) is 3.08. The van der Waals surface area contributed by atoms with Crippen molar-refractivity contribution in [3.05, 3.63) is 52.0 Å². The van der Waals surface area contributed by atoms with Gasteiger partial charge in [-0.2, -0.15) is 0 Å². The number of benzene rings is 1. The Morgan fingerprint density at radius 2 is 2.04 bits per heavy atom. The Bertz CT molecular complexity index is 720. The third kappa shape index (κ3) is 3.67. The van der Waals surface area contributed by atoms with Crippen LogP contribution in [0.3, 0.4) is 0 Å². The molecule has 3 rings (SSSR count). The van der Waals surface area contributed by atoms with Crippen molar-refractivity contribution in [3.63, 3.8) is 0 Å².